The molecule has 2 rings (SSSR count). The Morgan fingerprint density at radius 1 is 1.33 bits per heavy atom. The zero-order chi connectivity index (χ0) is 13.1. The van der Waals surface area contributed by atoms with Gasteiger partial charge in [0.25, 0.3) is 12.3 Å². The second-order valence-corrected chi connectivity index (χ2v) is 3.42. The number of nitrogens with one attached hydrogen (secondary N) is 1. The van der Waals surface area contributed by atoms with E-state index < -0.39 is 18.1 Å². The standard InChI is InChI=1S/C11H8F2N2O3/c12-10(13)8-5-9(15-18-8)14-11(17)6-1-3-7(16)4-2-6/h1-5,10,16H,(H,14,15,17). The number of hydrogen-bond acceptors (Lipinski definition) is 4. The summed E-state index contributed by atoms with van der Waals surface area (Å²) in [7, 11) is 0. The molecule has 0 saturated heterocycles. The first kappa shape index (κ1) is 12.0. The van der Waals surface area contributed by atoms with Gasteiger partial charge in [0.15, 0.2) is 5.82 Å². The SMILES string of the molecule is O=C(Nc1cc(C(F)F)on1)c1ccc(O)cc1. The Kier molecular flexibility index (Phi) is 3.22. The van der Waals surface area contributed by atoms with E-state index in [1.54, 1.807) is 0 Å². The van der Waals surface area contributed by atoms with Crippen molar-refractivity contribution in [3.8, 4) is 5.75 Å². The average Bonchev–Trinajstić information content (AvgIpc) is 2.78. The molecule has 0 radical (unpaired) electrons. The molecule has 0 atom stereocenters. The van der Waals surface area contributed by atoms with Crippen LogP contribution in [0.1, 0.15) is 22.5 Å². The van der Waals surface area contributed by atoms with Gasteiger partial charge in [-0.25, -0.2) is 8.78 Å². The topological polar surface area (TPSA) is 75.4 Å². The number of phenolic OH excluding ortho intramolecular Hbond substituents is 1. The van der Waals surface area contributed by atoms with Gasteiger partial charge in [0.1, 0.15) is 5.75 Å². The lowest BCUT2D eigenvalue weighted by atomic mass is 10.2. The van der Waals surface area contributed by atoms with Gasteiger partial charge in [0.05, 0.1) is 0 Å². The molecule has 0 saturated carbocycles. The monoisotopic (exact) mass is 254 g/mol. The van der Waals surface area contributed by atoms with Crippen LogP contribution in [0, 0.1) is 0 Å². The number of hydrogen-bond donors (Lipinski definition) is 2. The van der Waals surface area contributed by atoms with E-state index in [-0.39, 0.29) is 17.1 Å². The van der Waals surface area contributed by atoms with Crippen LogP contribution in [0.4, 0.5) is 14.6 Å². The highest BCUT2D eigenvalue weighted by atomic mass is 19.3. The lowest BCUT2D eigenvalue weighted by Gasteiger charge is -2.00. The van der Waals surface area contributed by atoms with E-state index in [1.807, 2.05) is 0 Å². The Morgan fingerprint density at radius 3 is 2.56 bits per heavy atom. The first-order valence-electron chi connectivity index (χ1n) is 4.91. The number of halogens is 2. The van der Waals surface area contributed by atoms with Crippen LogP contribution < -0.4 is 5.32 Å². The summed E-state index contributed by atoms with van der Waals surface area (Å²) in [5.41, 5.74) is 0.259. The van der Waals surface area contributed by atoms with Crippen LogP contribution in [0.15, 0.2) is 34.9 Å². The number of nitrogens with zero attached hydrogens (tertiary/aromatic N) is 1. The molecule has 1 aromatic carbocycles. The van der Waals surface area contributed by atoms with Gasteiger partial charge in [-0.3, -0.25) is 4.79 Å². The van der Waals surface area contributed by atoms with Gasteiger partial charge in [-0.1, -0.05) is 5.16 Å². The van der Waals surface area contributed by atoms with E-state index >= 15 is 0 Å². The molecule has 5 nitrogen and oxygen atoms in total. The van der Waals surface area contributed by atoms with E-state index in [2.05, 4.69) is 15.0 Å². The maximum Gasteiger partial charge on any atom is 0.298 e. The molecule has 1 heterocycles. The van der Waals surface area contributed by atoms with Gasteiger partial charge in [0.2, 0.25) is 5.76 Å². The number of rotatable bonds is 3. The van der Waals surface area contributed by atoms with Crippen molar-refractivity contribution < 1.29 is 23.2 Å². The molecule has 94 valence electrons. The lowest BCUT2D eigenvalue weighted by Crippen LogP contribution is -2.11. The van der Waals surface area contributed by atoms with Crippen molar-refractivity contribution in [2.24, 2.45) is 0 Å². The lowest BCUT2D eigenvalue weighted by molar-refractivity contribution is 0.102. The first-order valence-corrected chi connectivity index (χ1v) is 4.91. The molecule has 0 bridgehead atoms. The van der Waals surface area contributed by atoms with Crippen LogP contribution in [-0.4, -0.2) is 16.2 Å². The number of carbonyl (C=O) groups excluding carboxylic acids is 1. The molecule has 0 fully saturated rings. The highest BCUT2D eigenvalue weighted by Crippen LogP contribution is 2.21. The Bertz CT molecular complexity index is 552. The molecule has 2 N–H and O–H groups in total. The second-order valence-electron chi connectivity index (χ2n) is 3.42. The normalized spacial score (nSPS) is 10.6. The van der Waals surface area contributed by atoms with E-state index in [4.69, 9.17) is 5.11 Å². The summed E-state index contributed by atoms with van der Waals surface area (Å²) in [5.74, 6) is -1.23. The van der Waals surface area contributed by atoms with Crippen LogP contribution in [0.2, 0.25) is 0 Å². The molecular weight excluding hydrogens is 246 g/mol. The quantitative estimate of drug-likeness (QED) is 0.882. The molecule has 0 unspecified atom stereocenters. The van der Waals surface area contributed by atoms with Crippen molar-refractivity contribution in [1.29, 1.82) is 0 Å². The van der Waals surface area contributed by atoms with E-state index in [0.29, 0.717) is 0 Å². The molecule has 1 amide bonds. The minimum absolute atomic E-state index is 0.0213. The largest absolute Gasteiger partial charge is 0.508 e. The van der Waals surface area contributed by atoms with Gasteiger partial charge < -0.3 is 14.9 Å². The minimum atomic E-state index is -2.78. The predicted octanol–water partition coefficient (Wildman–Crippen LogP) is 2.57. The second kappa shape index (κ2) is 4.82. The number of anilines is 1. The fourth-order valence-corrected chi connectivity index (χ4v) is 1.25. The first-order chi connectivity index (χ1) is 8.56. The zero-order valence-corrected chi connectivity index (χ0v) is 8.93. The zero-order valence-electron chi connectivity index (χ0n) is 8.93. The summed E-state index contributed by atoms with van der Waals surface area (Å²) in [4.78, 5) is 11.6. The van der Waals surface area contributed by atoms with E-state index in [0.717, 1.165) is 6.07 Å². The third kappa shape index (κ3) is 2.62. The van der Waals surface area contributed by atoms with Crippen molar-refractivity contribution in [3.63, 3.8) is 0 Å². The molecule has 18 heavy (non-hydrogen) atoms. The molecule has 0 aliphatic heterocycles. The number of aromatic nitrogens is 1. The number of aromatic hydroxyl groups is 1. The molecule has 2 aromatic rings. The summed E-state index contributed by atoms with van der Waals surface area (Å²) in [6.07, 6.45) is -2.78. The number of carbonyl (C=O) groups is 1. The Morgan fingerprint density at radius 2 is 2.00 bits per heavy atom. The van der Waals surface area contributed by atoms with Gasteiger partial charge >= 0.3 is 0 Å². The molecule has 0 aliphatic rings. The third-order valence-electron chi connectivity index (χ3n) is 2.11. The van der Waals surface area contributed by atoms with Crippen LogP contribution in [-0.2, 0) is 0 Å². The minimum Gasteiger partial charge on any atom is -0.508 e. The van der Waals surface area contributed by atoms with E-state index in [9.17, 15) is 13.6 Å². The molecule has 0 aliphatic carbocycles. The van der Waals surface area contributed by atoms with Gasteiger partial charge in [-0.15, -0.1) is 0 Å². The van der Waals surface area contributed by atoms with Gasteiger partial charge in [-0.05, 0) is 24.3 Å². The van der Waals surface area contributed by atoms with Crippen molar-refractivity contribution in [1.82, 2.24) is 5.16 Å². The number of phenols is 1. The van der Waals surface area contributed by atoms with Crippen LogP contribution in [0.25, 0.3) is 0 Å². The van der Waals surface area contributed by atoms with Crippen molar-refractivity contribution in [2.45, 2.75) is 6.43 Å². The average molecular weight is 254 g/mol. The summed E-state index contributed by atoms with van der Waals surface area (Å²) in [6.45, 7) is 0. The molecule has 7 heteroatoms. The van der Waals surface area contributed by atoms with Crippen molar-refractivity contribution in [2.75, 3.05) is 5.32 Å². The van der Waals surface area contributed by atoms with Crippen molar-refractivity contribution >= 4 is 11.7 Å². The summed E-state index contributed by atoms with van der Waals surface area (Å²) in [5, 5.41) is 14.6. The Labute approximate surface area is 100 Å². The Hall–Kier alpha value is -2.44. The molecule has 1 aromatic heterocycles. The predicted molar refractivity (Wildman–Crippen MR) is 57.5 cm³/mol. The van der Waals surface area contributed by atoms with Crippen LogP contribution >= 0.6 is 0 Å². The number of amides is 1. The van der Waals surface area contributed by atoms with Crippen LogP contribution in [0.5, 0.6) is 5.75 Å². The number of alkyl halides is 2. The van der Waals surface area contributed by atoms with Gasteiger partial charge in [-0.2, -0.15) is 0 Å². The summed E-state index contributed by atoms with van der Waals surface area (Å²) < 4.78 is 28.7. The summed E-state index contributed by atoms with van der Waals surface area (Å²) in [6, 6.07) is 6.39. The molecule has 0 spiro atoms. The summed E-state index contributed by atoms with van der Waals surface area (Å²) >= 11 is 0. The fourth-order valence-electron chi connectivity index (χ4n) is 1.25. The molecular formula is C11H8F2N2O3. The maximum absolute atomic E-state index is 12.2. The Balaban J connectivity index is 2.08. The highest BCUT2D eigenvalue weighted by molar-refractivity contribution is 6.03. The fraction of sp³-hybridized carbons (Fsp3) is 0.0909. The number of benzene rings is 1. The van der Waals surface area contributed by atoms with E-state index in [1.165, 1.54) is 24.3 Å². The smallest absolute Gasteiger partial charge is 0.298 e. The van der Waals surface area contributed by atoms with Crippen LogP contribution in [0.3, 0.4) is 0 Å². The third-order valence-corrected chi connectivity index (χ3v) is 2.11. The van der Waals surface area contributed by atoms with Crippen molar-refractivity contribution in [3.05, 3.63) is 41.7 Å². The maximum atomic E-state index is 12.2. The highest BCUT2D eigenvalue weighted by Gasteiger charge is 2.15. The van der Waals surface area contributed by atoms with Gasteiger partial charge in [0, 0.05) is 11.6 Å².